The molecule has 0 aromatic heterocycles. The van der Waals surface area contributed by atoms with Gasteiger partial charge in [-0.1, -0.05) is 26.0 Å². The van der Waals surface area contributed by atoms with Crippen molar-refractivity contribution in [1.82, 2.24) is 5.32 Å². The van der Waals surface area contributed by atoms with Crippen LogP contribution >= 0.6 is 12.4 Å². The summed E-state index contributed by atoms with van der Waals surface area (Å²) < 4.78 is 33.3. The minimum absolute atomic E-state index is 0. The Morgan fingerprint density at radius 3 is 2.50 bits per heavy atom. The van der Waals surface area contributed by atoms with Gasteiger partial charge < -0.3 is 14.8 Å². The number of carbonyl (C=O) groups excluding carboxylic acids is 1. The van der Waals surface area contributed by atoms with Gasteiger partial charge in [-0.15, -0.1) is 12.4 Å². The van der Waals surface area contributed by atoms with Crippen molar-refractivity contribution in [2.45, 2.75) is 26.5 Å². The molecule has 1 amide bonds. The van der Waals surface area contributed by atoms with Crippen LogP contribution in [0.4, 0.5) is 13.6 Å². The highest BCUT2D eigenvalue weighted by Crippen LogP contribution is 2.36. The average molecular weight is 308 g/mol. The summed E-state index contributed by atoms with van der Waals surface area (Å²) in [5.41, 5.74) is 0.544. The van der Waals surface area contributed by atoms with Gasteiger partial charge in [-0.25, -0.2) is 4.79 Å². The SMILES string of the molecule is CC1(C)COC(=O)N[C@H]1c1ccc(OC(F)F)cc1.Cl. The molecule has 1 saturated heterocycles. The van der Waals surface area contributed by atoms with Crippen molar-refractivity contribution in [2.75, 3.05) is 6.61 Å². The van der Waals surface area contributed by atoms with Crippen molar-refractivity contribution in [3.8, 4) is 5.75 Å². The van der Waals surface area contributed by atoms with E-state index in [-0.39, 0.29) is 29.6 Å². The lowest BCUT2D eigenvalue weighted by atomic mass is 9.80. The number of rotatable bonds is 3. The summed E-state index contributed by atoms with van der Waals surface area (Å²) in [6, 6.07) is 6.01. The zero-order valence-corrected chi connectivity index (χ0v) is 11.9. The Hall–Kier alpha value is -1.56. The average Bonchev–Trinajstić information content (AvgIpc) is 2.33. The molecular formula is C13H16ClF2NO3. The maximum atomic E-state index is 12.1. The Kier molecular flexibility index (Phi) is 5.16. The van der Waals surface area contributed by atoms with E-state index in [2.05, 4.69) is 10.1 Å². The first-order valence-electron chi connectivity index (χ1n) is 5.86. The minimum Gasteiger partial charge on any atom is -0.449 e. The number of benzene rings is 1. The number of cyclic esters (lactones) is 1. The molecule has 0 aliphatic carbocycles. The van der Waals surface area contributed by atoms with Crippen LogP contribution in [0.25, 0.3) is 0 Å². The molecule has 1 aromatic rings. The van der Waals surface area contributed by atoms with E-state index in [0.717, 1.165) is 5.56 Å². The molecule has 1 aromatic carbocycles. The molecule has 1 heterocycles. The molecule has 2 rings (SSSR count). The summed E-state index contributed by atoms with van der Waals surface area (Å²) in [6.45, 7) is 1.38. The molecule has 20 heavy (non-hydrogen) atoms. The highest BCUT2D eigenvalue weighted by atomic mass is 35.5. The molecule has 7 heteroatoms. The quantitative estimate of drug-likeness (QED) is 0.929. The number of hydrogen-bond donors (Lipinski definition) is 1. The van der Waals surface area contributed by atoms with Gasteiger partial charge in [0.05, 0.1) is 6.04 Å². The van der Waals surface area contributed by atoms with Gasteiger partial charge in [0.15, 0.2) is 0 Å². The molecule has 1 atom stereocenters. The van der Waals surface area contributed by atoms with Gasteiger partial charge in [-0.3, -0.25) is 0 Å². The minimum atomic E-state index is -2.84. The highest BCUT2D eigenvalue weighted by molar-refractivity contribution is 5.85. The van der Waals surface area contributed by atoms with Gasteiger partial charge in [0.25, 0.3) is 0 Å². The molecule has 0 saturated carbocycles. The molecule has 1 aliphatic heterocycles. The van der Waals surface area contributed by atoms with Crippen molar-refractivity contribution in [1.29, 1.82) is 0 Å². The maximum absolute atomic E-state index is 12.1. The fourth-order valence-electron chi connectivity index (χ4n) is 2.07. The fourth-order valence-corrected chi connectivity index (χ4v) is 2.07. The van der Waals surface area contributed by atoms with Gasteiger partial charge >= 0.3 is 12.7 Å². The first kappa shape index (κ1) is 16.5. The van der Waals surface area contributed by atoms with E-state index in [9.17, 15) is 13.6 Å². The second-order valence-corrected chi connectivity index (χ2v) is 5.09. The second-order valence-electron chi connectivity index (χ2n) is 5.09. The third-order valence-electron chi connectivity index (χ3n) is 3.06. The summed E-state index contributed by atoms with van der Waals surface area (Å²) in [5.74, 6) is 0.0925. The number of carbonyl (C=O) groups is 1. The molecular weight excluding hydrogens is 292 g/mol. The molecule has 0 unspecified atom stereocenters. The second kappa shape index (κ2) is 6.26. The van der Waals surface area contributed by atoms with Crippen molar-refractivity contribution >= 4 is 18.5 Å². The highest BCUT2D eigenvalue weighted by Gasteiger charge is 2.37. The Bertz CT molecular complexity index is 465. The summed E-state index contributed by atoms with van der Waals surface area (Å²) in [7, 11) is 0. The molecule has 1 N–H and O–H groups in total. The van der Waals surface area contributed by atoms with Gasteiger partial charge in [-0.05, 0) is 17.7 Å². The van der Waals surface area contributed by atoms with Crippen molar-refractivity contribution in [3.05, 3.63) is 29.8 Å². The van der Waals surface area contributed by atoms with Crippen LogP contribution in [0.2, 0.25) is 0 Å². The van der Waals surface area contributed by atoms with Crippen molar-refractivity contribution in [2.24, 2.45) is 5.41 Å². The molecule has 1 fully saturated rings. The largest absolute Gasteiger partial charge is 0.449 e. The van der Waals surface area contributed by atoms with Crippen molar-refractivity contribution < 1.29 is 23.0 Å². The molecule has 0 radical (unpaired) electrons. The van der Waals surface area contributed by atoms with Gasteiger partial charge in [0.2, 0.25) is 0 Å². The summed E-state index contributed by atoms with van der Waals surface area (Å²) in [5, 5.41) is 2.73. The van der Waals surface area contributed by atoms with Gasteiger partial charge in [-0.2, -0.15) is 8.78 Å². The summed E-state index contributed by atoms with van der Waals surface area (Å²) >= 11 is 0. The lowest BCUT2D eigenvalue weighted by Crippen LogP contribution is -2.46. The van der Waals surface area contributed by atoms with E-state index in [1.54, 1.807) is 12.1 Å². The fraction of sp³-hybridized carbons (Fsp3) is 0.462. The number of ether oxygens (including phenoxy) is 2. The Morgan fingerprint density at radius 2 is 1.95 bits per heavy atom. The number of nitrogens with one attached hydrogen (secondary N) is 1. The molecule has 4 nitrogen and oxygen atoms in total. The first-order chi connectivity index (χ1) is 8.88. The smallest absolute Gasteiger partial charge is 0.407 e. The zero-order valence-electron chi connectivity index (χ0n) is 11.1. The molecule has 112 valence electrons. The summed E-state index contributed by atoms with van der Waals surface area (Å²) in [6.07, 6.45) is -0.475. The standard InChI is InChI=1S/C13H15F2NO3.ClH/c1-13(2)7-18-12(17)16-10(13)8-3-5-9(6-4-8)19-11(14)15;/h3-6,10-11H,7H2,1-2H3,(H,16,17);1H/t10-;/m0./s1. The molecule has 0 bridgehead atoms. The van der Waals surface area contributed by atoms with E-state index in [1.807, 2.05) is 13.8 Å². The number of hydrogen-bond acceptors (Lipinski definition) is 3. The van der Waals surface area contributed by atoms with E-state index in [0.29, 0.717) is 6.61 Å². The Morgan fingerprint density at radius 1 is 1.35 bits per heavy atom. The lowest BCUT2D eigenvalue weighted by molar-refractivity contribution is -0.0498. The van der Waals surface area contributed by atoms with E-state index in [1.165, 1.54) is 12.1 Å². The Balaban J connectivity index is 0.00000200. The third kappa shape index (κ3) is 3.72. The van der Waals surface area contributed by atoms with Crippen LogP contribution in [-0.2, 0) is 4.74 Å². The van der Waals surface area contributed by atoms with Gasteiger partial charge in [0, 0.05) is 5.41 Å². The van der Waals surface area contributed by atoms with Crippen LogP contribution in [0.1, 0.15) is 25.5 Å². The predicted octanol–water partition coefficient (Wildman–Crippen LogP) is 3.52. The number of halogens is 3. The normalized spacial score (nSPS) is 20.6. The number of amides is 1. The Labute approximate surface area is 121 Å². The summed E-state index contributed by atoms with van der Waals surface area (Å²) in [4.78, 5) is 11.3. The predicted molar refractivity (Wildman–Crippen MR) is 71.3 cm³/mol. The number of alkyl halides is 2. The molecule has 1 aliphatic rings. The van der Waals surface area contributed by atoms with Crippen LogP contribution in [-0.4, -0.2) is 19.3 Å². The van der Waals surface area contributed by atoms with Crippen LogP contribution in [0.3, 0.4) is 0 Å². The zero-order chi connectivity index (χ0) is 14.0. The van der Waals surface area contributed by atoms with E-state index in [4.69, 9.17) is 4.74 Å². The molecule has 0 spiro atoms. The topological polar surface area (TPSA) is 47.6 Å². The monoisotopic (exact) mass is 307 g/mol. The van der Waals surface area contributed by atoms with Crippen LogP contribution < -0.4 is 10.1 Å². The van der Waals surface area contributed by atoms with Crippen LogP contribution in [0.5, 0.6) is 5.75 Å². The maximum Gasteiger partial charge on any atom is 0.407 e. The van der Waals surface area contributed by atoms with E-state index >= 15 is 0 Å². The van der Waals surface area contributed by atoms with Gasteiger partial charge in [0.1, 0.15) is 12.4 Å². The lowest BCUT2D eigenvalue weighted by Gasteiger charge is -2.38. The van der Waals surface area contributed by atoms with E-state index < -0.39 is 12.7 Å². The van der Waals surface area contributed by atoms with Crippen LogP contribution in [0, 0.1) is 5.41 Å². The first-order valence-corrected chi connectivity index (χ1v) is 5.86. The number of alkyl carbamates (subject to hydrolysis) is 1. The third-order valence-corrected chi connectivity index (χ3v) is 3.06. The van der Waals surface area contributed by atoms with Crippen molar-refractivity contribution in [3.63, 3.8) is 0 Å². The van der Waals surface area contributed by atoms with Crippen LogP contribution in [0.15, 0.2) is 24.3 Å².